The second-order valence-corrected chi connectivity index (χ2v) is 3.46. The number of hydrogen-bond acceptors (Lipinski definition) is 3. The number of carbonyl (C=O) groups is 1. The van der Waals surface area contributed by atoms with Crippen LogP contribution < -0.4 is 11.1 Å². The number of amidine groups is 1. The minimum Gasteiger partial charge on any atom is -0.409 e. The van der Waals surface area contributed by atoms with Crippen molar-refractivity contribution in [2.45, 2.75) is 13.0 Å². The number of rotatable bonds is 3. The van der Waals surface area contributed by atoms with E-state index in [2.05, 4.69) is 10.5 Å². The number of benzene rings is 1. The predicted molar refractivity (Wildman–Crippen MR) is 56.7 cm³/mol. The molecule has 98 valence electrons. The molecule has 0 bridgehead atoms. The van der Waals surface area contributed by atoms with Gasteiger partial charge in [0.1, 0.15) is 23.0 Å². The molecule has 4 N–H and O–H groups in total. The van der Waals surface area contributed by atoms with E-state index >= 15 is 0 Å². The summed E-state index contributed by atoms with van der Waals surface area (Å²) in [6, 6.07) is -0.176. The zero-order valence-corrected chi connectivity index (χ0v) is 9.25. The number of nitrogens with two attached hydrogens (primary N) is 1. The Morgan fingerprint density at radius 3 is 2.33 bits per heavy atom. The fourth-order valence-electron chi connectivity index (χ4n) is 1.19. The summed E-state index contributed by atoms with van der Waals surface area (Å²) in [6.07, 6.45) is 0. The molecule has 1 unspecified atom stereocenters. The van der Waals surface area contributed by atoms with Crippen LogP contribution in [0.3, 0.4) is 0 Å². The van der Waals surface area contributed by atoms with Gasteiger partial charge in [0.05, 0.1) is 6.04 Å². The van der Waals surface area contributed by atoms with Crippen molar-refractivity contribution in [3.05, 3.63) is 35.1 Å². The van der Waals surface area contributed by atoms with Crippen LogP contribution in [0.25, 0.3) is 0 Å². The second-order valence-electron chi connectivity index (χ2n) is 3.46. The summed E-state index contributed by atoms with van der Waals surface area (Å²) in [4.78, 5) is 11.5. The van der Waals surface area contributed by atoms with Crippen LogP contribution in [0.5, 0.6) is 0 Å². The van der Waals surface area contributed by atoms with Crippen molar-refractivity contribution in [2.75, 3.05) is 0 Å². The molecule has 0 saturated carbocycles. The number of oxime groups is 1. The van der Waals surface area contributed by atoms with Crippen molar-refractivity contribution >= 4 is 11.7 Å². The van der Waals surface area contributed by atoms with Gasteiger partial charge < -0.3 is 16.3 Å². The first-order valence-corrected chi connectivity index (χ1v) is 4.79. The first kappa shape index (κ1) is 13.8. The van der Waals surface area contributed by atoms with E-state index in [4.69, 9.17) is 10.9 Å². The molecule has 0 aliphatic rings. The monoisotopic (exact) mass is 261 g/mol. The number of nitrogens with one attached hydrogen (secondary N) is 1. The summed E-state index contributed by atoms with van der Waals surface area (Å²) in [5, 5.41) is 13.1. The van der Waals surface area contributed by atoms with Crippen LogP contribution in [0.2, 0.25) is 0 Å². The van der Waals surface area contributed by atoms with Gasteiger partial charge in [0.25, 0.3) is 5.91 Å². The number of carbonyl (C=O) groups excluding carboxylic acids is 1. The normalized spacial score (nSPS) is 13.2. The largest absolute Gasteiger partial charge is 0.409 e. The van der Waals surface area contributed by atoms with Crippen LogP contribution in [0.15, 0.2) is 17.3 Å². The molecule has 1 aromatic rings. The van der Waals surface area contributed by atoms with Crippen molar-refractivity contribution in [2.24, 2.45) is 10.9 Å². The Labute approximate surface area is 100 Å². The van der Waals surface area contributed by atoms with E-state index in [0.717, 1.165) is 0 Å². The molecule has 1 aromatic carbocycles. The number of nitrogens with zero attached hydrogens (tertiary/aromatic N) is 1. The first-order valence-electron chi connectivity index (χ1n) is 4.79. The molecule has 5 nitrogen and oxygen atoms in total. The van der Waals surface area contributed by atoms with Crippen LogP contribution in [0.4, 0.5) is 13.2 Å². The fraction of sp³-hybridized carbons (Fsp3) is 0.200. The maximum Gasteiger partial charge on any atom is 0.257 e. The lowest BCUT2D eigenvalue weighted by Crippen LogP contribution is -2.43. The molecule has 0 fully saturated rings. The summed E-state index contributed by atoms with van der Waals surface area (Å²) in [7, 11) is 0. The molecule has 0 aromatic heterocycles. The third-order valence-electron chi connectivity index (χ3n) is 2.14. The molecule has 8 heteroatoms. The molecule has 1 atom stereocenters. The van der Waals surface area contributed by atoms with Crippen molar-refractivity contribution < 1.29 is 23.2 Å². The van der Waals surface area contributed by atoms with Crippen LogP contribution >= 0.6 is 0 Å². The molecule has 0 spiro atoms. The van der Waals surface area contributed by atoms with E-state index in [1.807, 2.05) is 0 Å². The highest BCUT2D eigenvalue weighted by Gasteiger charge is 2.21. The highest BCUT2D eigenvalue weighted by molar-refractivity contribution is 5.98. The molecule has 18 heavy (non-hydrogen) atoms. The van der Waals surface area contributed by atoms with Gasteiger partial charge in [-0.25, -0.2) is 13.2 Å². The van der Waals surface area contributed by atoms with Crippen molar-refractivity contribution in [1.29, 1.82) is 0 Å². The van der Waals surface area contributed by atoms with Gasteiger partial charge in [-0.15, -0.1) is 0 Å². The lowest BCUT2D eigenvalue weighted by molar-refractivity contribution is 0.0940. The minimum absolute atomic E-state index is 0.341. The van der Waals surface area contributed by atoms with Gasteiger partial charge >= 0.3 is 0 Å². The van der Waals surface area contributed by atoms with Crippen molar-refractivity contribution in [1.82, 2.24) is 5.32 Å². The smallest absolute Gasteiger partial charge is 0.257 e. The summed E-state index contributed by atoms with van der Waals surface area (Å²) in [6.45, 7) is 1.34. The third kappa shape index (κ3) is 2.90. The van der Waals surface area contributed by atoms with Crippen molar-refractivity contribution in [3.8, 4) is 0 Å². The second kappa shape index (κ2) is 5.39. The molecule has 1 rings (SSSR count). The molecule has 0 aliphatic carbocycles. The molecule has 0 radical (unpaired) electrons. The van der Waals surface area contributed by atoms with Crippen LogP contribution in [-0.4, -0.2) is 23.0 Å². The fourth-order valence-corrected chi connectivity index (χ4v) is 1.19. The van der Waals surface area contributed by atoms with E-state index < -0.39 is 35.0 Å². The Kier molecular flexibility index (Phi) is 4.13. The van der Waals surface area contributed by atoms with E-state index in [0.29, 0.717) is 12.1 Å². The average molecular weight is 261 g/mol. The Morgan fingerprint density at radius 1 is 1.39 bits per heavy atom. The SMILES string of the molecule is CC(NC(=O)c1c(F)cc(F)cc1F)C(N)=NO. The summed E-state index contributed by atoms with van der Waals surface area (Å²) >= 11 is 0. The first-order chi connectivity index (χ1) is 8.36. The van der Waals surface area contributed by atoms with Gasteiger partial charge in [0.15, 0.2) is 5.84 Å². The van der Waals surface area contributed by atoms with Gasteiger partial charge in [0.2, 0.25) is 0 Å². The highest BCUT2D eigenvalue weighted by atomic mass is 19.1. The van der Waals surface area contributed by atoms with E-state index in [1.165, 1.54) is 6.92 Å². The standard InChI is InChI=1S/C10H10F3N3O2/c1-4(9(14)16-18)15-10(17)8-6(12)2-5(11)3-7(8)13/h2-4,18H,1H3,(H2,14,16)(H,15,17). The third-order valence-corrected chi connectivity index (χ3v) is 2.14. The minimum atomic E-state index is -1.34. The lowest BCUT2D eigenvalue weighted by Gasteiger charge is -2.12. The highest BCUT2D eigenvalue weighted by Crippen LogP contribution is 2.14. The molecule has 1 amide bonds. The summed E-state index contributed by atoms with van der Waals surface area (Å²) < 4.78 is 39.1. The summed E-state index contributed by atoms with van der Waals surface area (Å²) in [5.41, 5.74) is 4.24. The zero-order valence-electron chi connectivity index (χ0n) is 9.25. The van der Waals surface area contributed by atoms with Gasteiger partial charge in [-0.3, -0.25) is 4.79 Å². The van der Waals surface area contributed by atoms with E-state index in [-0.39, 0.29) is 5.84 Å². The quantitative estimate of drug-likeness (QED) is 0.328. The van der Waals surface area contributed by atoms with Gasteiger partial charge in [-0.2, -0.15) is 0 Å². The molecular formula is C10H10F3N3O2. The Morgan fingerprint density at radius 2 is 1.89 bits per heavy atom. The van der Waals surface area contributed by atoms with Crippen molar-refractivity contribution in [3.63, 3.8) is 0 Å². The Hall–Kier alpha value is -2.25. The van der Waals surface area contributed by atoms with Crippen LogP contribution in [0, 0.1) is 17.5 Å². The average Bonchev–Trinajstić information content (AvgIpc) is 2.26. The van der Waals surface area contributed by atoms with Crippen LogP contribution in [0.1, 0.15) is 17.3 Å². The van der Waals surface area contributed by atoms with E-state index in [9.17, 15) is 18.0 Å². The zero-order chi connectivity index (χ0) is 13.9. The maximum absolute atomic E-state index is 13.2. The maximum atomic E-state index is 13.2. The topological polar surface area (TPSA) is 87.7 Å². The molecule has 0 heterocycles. The number of hydrogen-bond donors (Lipinski definition) is 3. The van der Waals surface area contributed by atoms with Gasteiger partial charge in [-0.05, 0) is 6.92 Å². The lowest BCUT2D eigenvalue weighted by atomic mass is 10.1. The van der Waals surface area contributed by atoms with Gasteiger partial charge in [-0.1, -0.05) is 5.16 Å². The van der Waals surface area contributed by atoms with Crippen LogP contribution in [-0.2, 0) is 0 Å². The van der Waals surface area contributed by atoms with E-state index in [1.54, 1.807) is 0 Å². The molecule has 0 saturated heterocycles. The molecule has 0 aliphatic heterocycles. The molecular weight excluding hydrogens is 251 g/mol. The van der Waals surface area contributed by atoms with Gasteiger partial charge in [0, 0.05) is 12.1 Å². The number of amides is 1. The Balaban J connectivity index is 2.99. The predicted octanol–water partition coefficient (Wildman–Crippen LogP) is 0.969. The summed E-state index contributed by atoms with van der Waals surface area (Å²) in [5.74, 6) is -5.28. The number of halogens is 3. The Bertz CT molecular complexity index is 482.